The van der Waals surface area contributed by atoms with Crippen molar-refractivity contribution in [1.82, 2.24) is 5.32 Å². The zero-order valence-corrected chi connectivity index (χ0v) is 8.84. The lowest BCUT2D eigenvalue weighted by atomic mass is 10.2. The molecule has 7 heteroatoms. The van der Waals surface area contributed by atoms with Crippen LogP contribution in [0.4, 0.5) is 16.2 Å². The van der Waals surface area contributed by atoms with E-state index in [1.807, 2.05) is 0 Å². The molecule has 0 bridgehead atoms. The largest absolute Gasteiger partial charge is 0.506 e. The number of phenols is 1. The normalized spacial score (nSPS) is 14.1. The Labute approximate surface area is 96.6 Å². The van der Waals surface area contributed by atoms with Gasteiger partial charge in [-0.25, -0.2) is 4.79 Å². The fourth-order valence-electron chi connectivity index (χ4n) is 1.31. The number of aromatic hydroxyl groups is 1. The summed E-state index contributed by atoms with van der Waals surface area (Å²) in [7, 11) is 0. The predicted molar refractivity (Wildman–Crippen MR) is 59.9 cm³/mol. The van der Waals surface area contributed by atoms with Crippen molar-refractivity contribution >= 4 is 17.4 Å². The molecule has 1 fully saturated rings. The zero-order valence-electron chi connectivity index (χ0n) is 8.84. The van der Waals surface area contributed by atoms with Crippen LogP contribution in [0.1, 0.15) is 12.8 Å². The number of nitrogens with one attached hydrogen (secondary N) is 2. The van der Waals surface area contributed by atoms with Gasteiger partial charge in [0.1, 0.15) is 5.75 Å². The minimum Gasteiger partial charge on any atom is -0.506 e. The molecule has 1 aromatic rings. The number of hydrogen-bond donors (Lipinski definition) is 3. The van der Waals surface area contributed by atoms with Crippen LogP contribution in [0.5, 0.6) is 5.75 Å². The molecule has 90 valence electrons. The van der Waals surface area contributed by atoms with E-state index >= 15 is 0 Å². The van der Waals surface area contributed by atoms with E-state index in [-0.39, 0.29) is 23.2 Å². The molecule has 0 atom stereocenters. The zero-order chi connectivity index (χ0) is 12.4. The fraction of sp³-hybridized carbons (Fsp3) is 0.300. The van der Waals surface area contributed by atoms with Gasteiger partial charge in [0.15, 0.2) is 0 Å². The summed E-state index contributed by atoms with van der Waals surface area (Å²) in [4.78, 5) is 21.2. The number of nitro groups is 1. The first-order chi connectivity index (χ1) is 8.06. The van der Waals surface area contributed by atoms with Crippen LogP contribution >= 0.6 is 0 Å². The number of phenolic OH excluding ortho intramolecular Hbond substituents is 1. The average molecular weight is 237 g/mol. The minimum atomic E-state index is -0.617. The molecule has 2 rings (SSSR count). The summed E-state index contributed by atoms with van der Waals surface area (Å²) < 4.78 is 0. The maximum absolute atomic E-state index is 11.4. The quantitative estimate of drug-likeness (QED) is 0.421. The number of benzene rings is 1. The smallest absolute Gasteiger partial charge is 0.319 e. The van der Waals surface area contributed by atoms with Gasteiger partial charge in [-0.2, -0.15) is 0 Å². The van der Waals surface area contributed by atoms with Gasteiger partial charge >= 0.3 is 6.03 Å². The van der Waals surface area contributed by atoms with Crippen LogP contribution < -0.4 is 10.6 Å². The number of non-ortho nitro benzene ring substituents is 1. The van der Waals surface area contributed by atoms with E-state index < -0.39 is 11.0 Å². The van der Waals surface area contributed by atoms with E-state index in [9.17, 15) is 20.0 Å². The van der Waals surface area contributed by atoms with Crippen LogP contribution in [0.15, 0.2) is 18.2 Å². The average Bonchev–Trinajstić information content (AvgIpc) is 3.04. The minimum absolute atomic E-state index is 0.147. The molecule has 7 nitrogen and oxygen atoms in total. The number of carbonyl (C=O) groups is 1. The van der Waals surface area contributed by atoms with Gasteiger partial charge in [0.05, 0.1) is 16.7 Å². The molecule has 2 amide bonds. The van der Waals surface area contributed by atoms with E-state index in [0.717, 1.165) is 18.9 Å². The summed E-state index contributed by atoms with van der Waals surface area (Å²) in [5.41, 5.74) is -0.0793. The molecule has 17 heavy (non-hydrogen) atoms. The molecule has 1 aromatic carbocycles. The van der Waals surface area contributed by atoms with E-state index in [2.05, 4.69) is 10.6 Å². The second-order valence-electron chi connectivity index (χ2n) is 3.83. The number of rotatable bonds is 3. The highest BCUT2D eigenvalue weighted by Crippen LogP contribution is 2.28. The van der Waals surface area contributed by atoms with E-state index in [0.29, 0.717) is 0 Å². The Balaban J connectivity index is 2.04. The Morgan fingerprint density at radius 3 is 2.71 bits per heavy atom. The van der Waals surface area contributed by atoms with Crippen molar-refractivity contribution in [2.24, 2.45) is 0 Å². The molecule has 0 unspecified atom stereocenters. The maximum atomic E-state index is 11.4. The SMILES string of the molecule is O=C(Nc1ccc([N+](=O)[O-])cc1O)NC1CC1. The molecule has 1 aliphatic rings. The molecule has 3 N–H and O–H groups in total. The van der Waals surface area contributed by atoms with Crippen LogP contribution in [0.2, 0.25) is 0 Å². The summed E-state index contributed by atoms with van der Waals surface area (Å²) in [5.74, 6) is -0.329. The van der Waals surface area contributed by atoms with Gasteiger partial charge in [-0.05, 0) is 18.9 Å². The molecular weight excluding hydrogens is 226 g/mol. The lowest BCUT2D eigenvalue weighted by Crippen LogP contribution is -2.30. The van der Waals surface area contributed by atoms with E-state index in [4.69, 9.17) is 0 Å². The molecule has 0 heterocycles. The third-order valence-electron chi connectivity index (χ3n) is 2.35. The topological polar surface area (TPSA) is 104 Å². The van der Waals surface area contributed by atoms with Crippen molar-refractivity contribution < 1.29 is 14.8 Å². The van der Waals surface area contributed by atoms with Gasteiger partial charge < -0.3 is 15.7 Å². The van der Waals surface area contributed by atoms with Crippen LogP contribution in [-0.2, 0) is 0 Å². The van der Waals surface area contributed by atoms with Gasteiger partial charge in [0, 0.05) is 12.1 Å². The molecule has 0 aliphatic heterocycles. The molecule has 1 saturated carbocycles. The van der Waals surface area contributed by atoms with Gasteiger partial charge in [-0.1, -0.05) is 0 Å². The number of carbonyl (C=O) groups excluding carboxylic acids is 1. The number of urea groups is 1. The second kappa shape index (κ2) is 4.28. The molecule has 0 aromatic heterocycles. The van der Waals surface area contributed by atoms with Crippen molar-refractivity contribution in [3.8, 4) is 5.75 Å². The van der Waals surface area contributed by atoms with E-state index in [1.165, 1.54) is 12.1 Å². The van der Waals surface area contributed by atoms with Crippen molar-refractivity contribution in [3.05, 3.63) is 28.3 Å². The monoisotopic (exact) mass is 237 g/mol. The van der Waals surface area contributed by atoms with Gasteiger partial charge in [0.2, 0.25) is 0 Å². The molecule has 0 saturated heterocycles. The molecule has 0 spiro atoms. The highest BCUT2D eigenvalue weighted by atomic mass is 16.6. The Hall–Kier alpha value is -2.31. The standard InChI is InChI=1S/C10H11N3O4/c14-9-5-7(13(16)17)3-4-8(9)12-10(15)11-6-1-2-6/h3-6,14H,1-2H2,(H2,11,12,15). The second-order valence-corrected chi connectivity index (χ2v) is 3.83. The van der Waals surface area contributed by atoms with Crippen molar-refractivity contribution in [2.45, 2.75) is 18.9 Å². The predicted octanol–water partition coefficient (Wildman–Crippen LogP) is 1.58. The third kappa shape index (κ3) is 2.83. The first-order valence-electron chi connectivity index (χ1n) is 5.11. The van der Waals surface area contributed by atoms with Gasteiger partial charge in [0.25, 0.3) is 5.69 Å². The van der Waals surface area contributed by atoms with Crippen molar-refractivity contribution in [2.75, 3.05) is 5.32 Å². The van der Waals surface area contributed by atoms with Crippen LogP contribution in [0, 0.1) is 10.1 Å². The van der Waals surface area contributed by atoms with Gasteiger partial charge in [-0.3, -0.25) is 10.1 Å². The number of anilines is 1. The fourth-order valence-corrected chi connectivity index (χ4v) is 1.31. The summed E-state index contributed by atoms with van der Waals surface area (Å²) in [6.07, 6.45) is 1.92. The van der Waals surface area contributed by atoms with Crippen molar-refractivity contribution in [3.63, 3.8) is 0 Å². The van der Waals surface area contributed by atoms with Crippen LogP contribution in [0.25, 0.3) is 0 Å². The Morgan fingerprint density at radius 2 is 2.18 bits per heavy atom. The Kier molecular flexibility index (Phi) is 2.82. The first-order valence-corrected chi connectivity index (χ1v) is 5.11. The summed E-state index contributed by atoms with van der Waals surface area (Å²) >= 11 is 0. The number of hydrogen-bond acceptors (Lipinski definition) is 4. The van der Waals surface area contributed by atoms with Gasteiger partial charge in [-0.15, -0.1) is 0 Å². The number of nitro benzene ring substituents is 1. The van der Waals surface area contributed by atoms with Crippen LogP contribution in [0.3, 0.4) is 0 Å². The Morgan fingerprint density at radius 1 is 1.47 bits per heavy atom. The highest BCUT2D eigenvalue weighted by molar-refractivity contribution is 5.91. The molecule has 1 aliphatic carbocycles. The number of nitrogens with zero attached hydrogens (tertiary/aromatic N) is 1. The van der Waals surface area contributed by atoms with Crippen LogP contribution in [-0.4, -0.2) is 22.1 Å². The molecule has 0 radical (unpaired) electrons. The third-order valence-corrected chi connectivity index (χ3v) is 2.35. The lowest BCUT2D eigenvalue weighted by Gasteiger charge is -2.07. The summed E-state index contributed by atoms with van der Waals surface area (Å²) in [6, 6.07) is 3.28. The van der Waals surface area contributed by atoms with E-state index in [1.54, 1.807) is 0 Å². The highest BCUT2D eigenvalue weighted by Gasteiger charge is 2.23. The summed E-state index contributed by atoms with van der Waals surface area (Å²) in [6.45, 7) is 0. The Bertz CT molecular complexity index is 471. The lowest BCUT2D eigenvalue weighted by molar-refractivity contribution is -0.384. The maximum Gasteiger partial charge on any atom is 0.319 e. The number of amides is 2. The molecular formula is C10H11N3O4. The van der Waals surface area contributed by atoms with Crippen molar-refractivity contribution in [1.29, 1.82) is 0 Å². The first kappa shape index (κ1) is 11.2. The summed E-state index contributed by atoms with van der Waals surface area (Å²) in [5, 5.41) is 25.0.